The SMILES string of the molecule is C[C@@H]1CC[C@@H](c2cn(C)c3cc(C(=O)NS(=O)(=O)C4CC4)ccc23)C1. The summed E-state index contributed by atoms with van der Waals surface area (Å²) in [4.78, 5) is 12.4. The minimum Gasteiger partial charge on any atom is -0.350 e. The van der Waals surface area contributed by atoms with Crippen molar-refractivity contribution in [1.29, 1.82) is 0 Å². The molecule has 0 unspecified atom stereocenters. The van der Waals surface area contributed by atoms with Crippen LogP contribution in [0.4, 0.5) is 0 Å². The molecule has 2 atom stereocenters. The van der Waals surface area contributed by atoms with Crippen LogP contribution in [0.15, 0.2) is 24.4 Å². The van der Waals surface area contributed by atoms with Gasteiger partial charge in [0.25, 0.3) is 5.91 Å². The Kier molecular flexibility index (Phi) is 3.90. The van der Waals surface area contributed by atoms with Gasteiger partial charge in [-0.1, -0.05) is 19.4 Å². The van der Waals surface area contributed by atoms with Crippen LogP contribution >= 0.6 is 0 Å². The molecule has 2 aliphatic rings. The first-order valence-corrected chi connectivity index (χ1v) is 10.5. The van der Waals surface area contributed by atoms with Gasteiger partial charge < -0.3 is 4.57 Å². The highest BCUT2D eigenvalue weighted by atomic mass is 32.2. The topological polar surface area (TPSA) is 68.2 Å². The number of amides is 1. The number of aromatic nitrogens is 1. The monoisotopic (exact) mass is 360 g/mol. The smallest absolute Gasteiger partial charge is 0.264 e. The van der Waals surface area contributed by atoms with Crippen molar-refractivity contribution in [3.8, 4) is 0 Å². The zero-order valence-corrected chi connectivity index (χ0v) is 15.5. The summed E-state index contributed by atoms with van der Waals surface area (Å²) in [5, 5.41) is 0.773. The van der Waals surface area contributed by atoms with E-state index in [-0.39, 0.29) is 0 Å². The maximum Gasteiger partial charge on any atom is 0.264 e. The maximum absolute atomic E-state index is 12.4. The lowest BCUT2D eigenvalue weighted by Gasteiger charge is -2.09. The quantitative estimate of drug-likeness (QED) is 0.909. The molecule has 1 N–H and O–H groups in total. The molecule has 0 spiro atoms. The van der Waals surface area contributed by atoms with Gasteiger partial charge >= 0.3 is 0 Å². The molecule has 4 rings (SSSR count). The molecule has 2 fully saturated rings. The molecule has 1 aromatic heterocycles. The van der Waals surface area contributed by atoms with Crippen LogP contribution in [-0.2, 0) is 17.1 Å². The molecule has 2 saturated carbocycles. The van der Waals surface area contributed by atoms with Crippen LogP contribution in [-0.4, -0.2) is 24.1 Å². The Balaban J connectivity index is 1.64. The van der Waals surface area contributed by atoms with E-state index in [1.807, 2.05) is 17.7 Å². The van der Waals surface area contributed by atoms with E-state index in [0.29, 0.717) is 24.3 Å². The van der Waals surface area contributed by atoms with Gasteiger partial charge in [0, 0.05) is 29.7 Å². The normalized spacial score (nSPS) is 23.9. The first kappa shape index (κ1) is 16.6. The van der Waals surface area contributed by atoms with E-state index in [1.54, 1.807) is 12.1 Å². The summed E-state index contributed by atoms with van der Waals surface area (Å²) >= 11 is 0. The van der Waals surface area contributed by atoms with Gasteiger partial charge in [-0.25, -0.2) is 13.1 Å². The number of carbonyl (C=O) groups is 1. The predicted octanol–water partition coefficient (Wildman–Crippen LogP) is 3.30. The van der Waals surface area contributed by atoms with Crippen molar-refractivity contribution in [3.05, 3.63) is 35.5 Å². The van der Waals surface area contributed by atoms with Crippen LogP contribution in [0, 0.1) is 5.92 Å². The van der Waals surface area contributed by atoms with Crippen molar-refractivity contribution in [2.75, 3.05) is 0 Å². The van der Waals surface area contributed by atoms with Crippen molar-refractivity contribution >= 4 is 26.8 Å². The minimum atomic E-state index is -3.52. The minimum absolute atomic E-state index is 0.393. The molecular weight excluding hydrogens is 336 g/mol. The molecule has 2 aromatic rings. The molecule has 0 bridgehead atoms. The summed E-state index contributed by atoms with van der Waals surface area (Å²) in [6.07, 6.45) is 7.13. The van der Waals surface area contributed by atoms with Crippen LogP contribution in [0.25, 0.3) is 10.9 Å². The predicted molar refractivity (Wildman–Crippen MR) is 98.1 cm³/mol. The summed E-state index contributed by atoms with van der Waals surface area (Å²) in [6.45, 7) is 2.30. The Morgan fingerprint density at radius 2 is 1.96 bits per heavy atom. The lowest BCUT2D eigenvalue weighted by Crippen LogP contribution is -2.33. The van der Waals surface area contributed by atoms with E-state index in [4.69, 9.17) is 0 Å². The summed E-state index contributed by atoms with van der Waals surface area (Å²) in [6, 6.07) is 5.50. The summed E-state index contributed by atoms with van der Waals surface area (Å²) < 4.78 is 28.2. The van der Waals surface area contributed by atoms with Gasteiger partial charge in [0.05, 0.1) is 5.25 Å². The number of benzene rings is 1. The Morgan fingerprint density at radius 3 is 2.60 bits per heavy atom. The Bertz CT molecular complexity index is 941. The third-order valence-corrected chi connectivity index (χ3v) is 7.44. The van der Waals surface area contributed by atoms with Crippen LogP contribution in [0.5, 0.6) is 0 Å². The number of carbonyl (C=O) groups excluding carboxylic acids is 1. The second kappa shape index (κ2) is 5.87. The Labute approximate surface area is 148 Å². The zero-order valence-electron chi connectivity index (χ0n) is 14.7. The van der Waals surface area contributed by atoms with Crippen LogP contribution in [0.1, 0.15) is 60.9 Å². The van der Waals surface area contributed by atoms with E-state index >= 15 is 0 Å². The highest BCUT2D eigenvalue weighted by molar-refractivity contribution is 7.91. The van der Waals surface area contributed by atoms with Gasteiger partial charge in [0.15, 0.2) is 0 Å². The average Bonchev–Trinajstić information content (AvgIpc) is 3.27. The van der Waals surface area contributed by atoms with Crippen molar-refractivity contribution < 1.29 is 13.2 Å². The lowest BCUT2D eigenvalue weighted by atomic mass is 9.96. The van der Waals surface area contributed by atoms with Gasteiger partial charge in [0.1, 0.15) is 0 Å². The Hall–Kier alpha value is -1.82. The van der Waals surface area contributed by atoms with E-state index < -0.39 is 21.2 Å². The third-order valence-electron chi connectivity index (χ3n) is 5.62. The number of nitrogens with zero attached hydrogens (tertiary/aromatic N) is 1. The van der Waals surface area contributed by atoms with Crippen molar-refractivity contribution in [3.63, 3.8) is 0 Å². The number of fused-ring (bicyclic) bond motifs is 1. The van der Waals surface area contributed by atoms with Crippen LogP contribution < -0.4 is 4.72 Å². The first-order chi connectivity index (χ1) is 11.8. The standard InChI is InChI=1S/C19H24N2O3S/c1-12-3-4-13(9-12)17-11-21(2)18-10-14(5-8-16(17)18)19(22)20-25(23,24)15-6-7-15/h5,8,10-13,15H,3-4,6-7,9H2,1-2H3,(H,20,22)/t12-,13-/m1/s1. The highest BCUT2D eigenvalue weighted by Gasteiger charge is 2.37. The van der Waals surface area contributed by atoms with E-state index in [9.17, 15) is 13.2 Å². The molecule has 1 heterocycles. The number of hydrogen-bond donors (Lipinski definition) is 1. The summed E-state index contributed by atoms with van der Waals surface area (Å²) in [7, 11) is -1.54. The lowest BCUT2D eigenvalue weighted by molar-refractivity contribution is 0.0981. The van der Waals surface area contributed by atoms with Crippen molar-refractivity contribution in [2.24, 2.45) is 13.0 Å². The summed E-state index contributed by atoms with van der Waals surface area (Å²) in [5.74, 6) is 0.803. The highest BCUT2D eigenvalue weighted by Crippen LogP contribution is 2.41. The van der Waals surface area contributed by atoms with Crippen molar-refractivity contribution in [1.82, 2.24) is 9.29 Å². The second-order valence-corrected chi connectivity index (χ2v) is 9.68. The fraction of sp³-hybridized carbons (Fsp3) is 0.526. The van der Waals surface area contributed by atoms with Gasteiger partial charge in [-0.2, -0.15) is 0 Å². The fourth-order valence-electron chi connectivity index (χ4n) is 4.02. The van der Waals surface area contributed by atoms with E-state index in [0.717, 1.165) is 11.4 Å². The number of rotatable bonds is 4. The van der Waals surface area contributed by atoms with Crippen molar-refractivity contribution in [2.45, 2.75) is 50.2 Å². The van der Waals surface area contributed by atoms with E-state index in [2.05, 4.69) is 17.8 Å². The van der Waals surface area contributed by atoms with Crippen LogP contribution in [0.2, 0.25) is 0 Å². The maximum atomic E-state index is 12.4. The van der Waals surface area contributed by atoms with Gasteiger partial charge in [-0.3, -0.25) is 4.79 Å². The number of nitrogens with one attached hydrogen (secondary N) is 1. The number of aryl methyl sites for hydroxylation is 1. The molecular formula is C19H24N2O3S. The van der Waals surface area contributed by atoms with Crippen LogP contribution in [0.3, 0.4) is 0 Å². The van der Waals surface area contributed by atoms with Gasteiger partial charge in [-0.15, -0.1) is 0 Å². The molecule has 6 heteroatoms. The first-order valence-electron chi connectivity index (χ1n) is 9.00. The molecule has 0 saturated heterocycles. The van der Waals surface area contributed by atoms with Gasteiger partial charge in [0.2, 0.25) is 10.0 Å². The fourth-order valence-corrected chi connectivity index (χ4v) is 5.32. The molecule has 1 aromatic carbocycles. The molecule has 1 amide bonds. The Morgan fingerprint density at radius 1 is 1.20 bits per heavy atom. The zero-order chi connectivity index (χ0) is 17.8. The third kappa shape index (κ3) is 3.08. The molecule has 134 valence electrons. The molecule has 0 aliphatic heterocycles. The molecule has 25 heavy (non-hydrogen) atoms. The van der Waals surface area contributed by atoms with E-state index in [1.165, 1.54) is 30.2 Å². The molecule has 2 aliphatic carbocycles. The second-order valence-electron chi connectivity index (χ2n) is 7.72. The number of sulfonamides is 1. The number of hydrogen-bond acceptors (Lipinski definition) is 3. The van der Waals surface area contributed by atoms with Gasteiger partial charge in [-0.05, 0) is 55.2 Å². The summed E-state index contributed by atoms with van der Waals surface area (Å²) in [5.41, 5.74) is 2.72. The molecule has 5 nitrogen and oxygen atoms in total. The molecule has 0 radical (unpaired) electrons. The average molecular weight is 360 g/mol. The largest absolute Gasteiger partial charge is 0.350 e.